The van der Waals surface area contributed by atoms with Crippen LogP contribution in [-0.4, -0.2) is 53.5 Å². The number of carbonyl (C=O) groups excluding carboxylic acids is 2. The summed E-state index contributed by atoms with van der Waals surface area (Å²) in [6, 6.07) is 19.3. The molecular formula is C30H37BrMgO5. The summed E-state index contributed by atoms with van der Waals surface area (Å²) in [4.78, 5) is 27.2. The molecule has 0 atom stereocenters. The van der Waals surface area contributed by atoms with Crippen molar-refractivity contribution in [2.45, 2.75) is 71.6 Å². The van der Waals surface area contributed by atoms with Crippen molar-refractivity contribution in [2.24, 2.45) is 16.2 Å². The average Bonchev–Trinajstić information content (AvgIpc) is 3.64. The minimum atomic E-state index is -0.600. The predicted octanol–water partition coefficient (Wildman–Crippen LogP) is 2.55. The molecule has 0 heterocycles. The minimum Gasteiger partial charge on any atom is -1.00 e. The van der Waals surface area contributed by atoms with Crippen molar-refractivity contribution in [1.82, 2.24) is 0 Å². The fraction of sp³-hybridized carbons (Fsp3) is 0.533. The summed E-state index contributed by atoms with van der Waals surface area (Å²) in [6.45, 7) is 9.80. The van der Waals surface area contributed by atoms with Gasteiger partial charge in [-0.3, -0.25) is 4.79 Å². The molecule has 2 bridgehead atoms. The monoisotopic (exact) mass is 580 g/mol. The number of carboxylic acids is 1. The Kier molecular flexibility index (Phi) is 12.3. The first-order chi connectivity index (χ1) is 16.7. The van der Waals surface area contributed by atoms with Crippen LogP contribution >= 0.6 is 0 Å². The quantitative estimate of drug-likeness (QED) is 0.444. The zero-order valence-electron chi connectivity index (χ0n) is 22.4. The second kappa shape index (κ2) is 13.5. The van der Waals surface area contributed by atoms with E-state index in [0.717, 1.165) is 43.3 Å². The van der Waals surface area contributed by atoms with E-state index in [4.69, 9.17) is 19.4 Å². The van der Waals surface area contributed by atoms with Crippen LogP contribution in [0.5, 0.6) is 0 Å². The van der Waals surface area contributed by atoms with E-state index in [1.807, 2.05) is 38.1 Å². The van der Waals surface area contributed by atoms with Crippen LogP contribution in [0.3, 0.4) is 0 Å². The molecule has 0 radical (unpaired) electrons. The summed E-state index contributed by atoms with van der Waals surface area (Å²) >= 11 is 0. The summed E-state index contributed by atoms with van der Waals surface area (Å²) in [5.74, 6) is -0.600. The summed E-state index contributed by atoms with van der Waals surface area (Å²) in [5.41, 5.74) is 5.87. The summed E-state index contributed by atoms with van der Waals surface area (Å²) in [7, 11) is 0. The van der Waals surface area contributed by atoms with E-state index in [1.165, 1.54) is 16.7 Å². The van der Waals surface area contributed by atoms with Gasteiger partial charge >= 0.3 is 35.2 Å². The van der Waals surface area contributed by atoms with Gasteiger partial charge < -0.3 is 26.8 Å². The molecule has 0 spiro atoms. The van der Waals surface area contributed by atoms with E-state index in [-0.39, 0.29) is 57.0 Å². The molecule has 6 saturated carbocycles. The average molecular weight is 582 g/mol. The minimum absolute atomic E-state index is 0. The van der Waals surface area contributed by atoms with Crippen LogP contribution in [0.15, 0.2) is 48.5 Å². The number of hydrogen-bond acceptors (Lipinski definition) is 4. The summed E-state index contributed by atoms with van der Waals surface area (Å²) in [6.07, 6.45) is 7.66. The molecule has 0 aromatic heterocycles. The second-order valence-corrected chi connectivity index (χ2v) is 10.8. The molecule has 0 unspecified atom stereocenters. The predicted molar refractivity (Wildman–Crippen MR) is 138 cm³/mol. The molecule has 0 saturated heterocycles. The standard InChI is InChI=1S/C13H14O2.C7H7.C5H6.C4H10O.CO2.BrH.Mg/c1-9-2-4-10(5-3-9)12-6-13(7-12,8-12)11(14)15;1-7-5-3-2-4-6-7;1-4-2-5(1,4)3-4;1-3-5-4-2;2-1-3;;/h2-5H,6-8H2,1H3,(H,14,15);3-6H,1H3;1-3H2;3-4H2,1-2H3;;1H;/q;-1;;;;;+2/p-1. The van der Waals surface area contributed by atoms with Crippen molar-refractivity contribution in [3.8, 4) is 0 Å². The van der Waals surface area contributed by atoms with E-state index in [9.17, 15) is 4.79 Å². The van der Waals surface area contributed by atoms with Gasteiger partial charge in [-0.2, -0.15) is 45.5 Å². The van der Waals surface area contributed by atoms with Gasteiger partial charge in [0, 0.05) is 13.2 Å². The van der Waals surface area contributed by atoms with E-state index >= 15 is 0 Å². The van der Waals surface area contributed by atoms with E-state index < -0.39 is 5.97 Å². The zero-order chi connectivity index (χ0) is 25.7. The van der Waals surface area contributed by atoms with Crippen LogP contribution in [0.25, 0.3) is 0 Å². The van der Waals surface area contributed by atoms with Gasteiger partial charge in [0.15, 0.2) is 0 Å². The Morgan fingerprint density at radius 3 is 1.49 bits per heavy atom. The number of ether oxygens (including phenoxy) is 1. The van der Waals surface area contributed by atoms with Crippen molar-refractivity contribution in [3.05, 3.63) is 71.3 Å². The molecule has 6 fully saturated rings. The molecule has 1 N–H and O–H groups in total. The molecule has 5 nitrogen and oxygen atoms in total. The Morgan fingerprint density at radius 1 is 0.865 bits per heavy atom. The van der Waals surface area contributed by atoms with Crippen LogP contribution in [-0.2, 0) is 24.5 Å². The van der Waals surface area contributed by atoms with Crippen molar-refractivity contribution < 1.29 is 41.2 Å². The maximum Gasteiger partial charge on any atom is 2.00 e. The number of carbonyl (C=O) groups is 1. The van der Waals surface area contributed by atoms with Gasteiger partial charge in [-0.1, -0.05) is 36.8 Å². The van der Waals surface area contributed by atoms with E-state index in [0.29, 0.717) is 0 Å². The number of carboxylic acid groups (broad SMARTS) is 1. The third-order valence-electron chi connectivity index (χ3n) is 8.22. The molecule has 0 aliphatic heterocycles. The summed E-state index contributed by atoms with van der Waals surface area (Å²) in [5, 5.41) is 9.04. The largest absolute Gasteiger partial charge is 2.00 e. The van der Waals surface area contributed by atoms with Crippen molar-refractivity contribution in [1.29, 1.82) is 0 Å². The molecule has 196 valence electrons. The topological polar surface area (TPSA) is 80.7 Å². The Hall–Kier alpha value is -1.50. The molecule has 2 aromatic carbocycles. The molecule has 2 aromatic rings. The molecule has 37 heavy (non-hydrogen) atoms. The van der Waals surface area contributed by atoms with Crippen LogP contribution in [0.2, 0.25) is 0 Å². The molecule has 6 aliphatic carbocycles. The fourth-order valence-corrected chi connectivity index (χ4v) is 5.56. The first-order valence-corrected chi connectivity index (χ1v) is 12.5. The molecule has 6 aliphatic rings. The van der Waals surface area contributed by atoms with Gasteiger partial charge in [-0.05, 0) is 81.1 Å². The third-order valence-corrected chi connectivity index (χ3v) is 8.22. The first-order valence-electron chi connectivity index (χ1n) is 12.5. The number of rotatable bonds is 4. The number of aliphatic carboxylic acids is 1. The van der Waals surface area contributed by atoms with Gasteiger partial charge in [0.25, 0.3) is 0 Å². The Bertz CT molecular complexity index is 994. The Balaban J connectivity index is 0.000000261. The van der Waals surface area contributed by atoms with Gasteiger partial charge in [-0.15, -0.1) is 0 Å². The summed E-state index contributed by atoms with van der Waals surface area (Å²) < 4.78 is 4.83. The Morgan fingerprint density at radius 2 is 1.24 bits per heavy atom. The van der Waals surface area contributed by atoms with E-state index in [2.05, 4.69) is 44.2 Å². The first kappa shape index (κ1) is 33.5. The smallest absolute Gasteiger partial charge is 1.00 e. The third kappa shape index (κ3) is 7.54. The number of hydrogen-bond donors (Lipinski definition) is 1. The van der Waals surface area contributed by atoms with Gasteiger partial charge in [0.1, 0.15) is 0 Å². The van der Waals surface area contributed by atoms with Crippen LogP contribution in [0.1, 0.15) is 69.1 Å². The normalized spacial score (nSPS) is 30.2. The van der Waals surface area contributed by atoms with Crippen molar-refractivity contribution in [3.63, 3.8) is 0 Å². The second-order valence-electron chi connectivity index (χ2n) is 10.8. The fourth-order valence-electron chi connectivity index (χ4n) is 5.56. The SMILES string of the molecule is C1C23CC12C3.CCOCC.Cc1cc[c-]cc1.Cc1ccc(C23CC(C(=O)O)(C2)C3)cc1.O=C=O.[Br-].[Mg+2]. The number of benzene rings is 2. The number of aryl methyl sites for hydroxylation is 2. The molecule has 0 amide bonds. The zero-order valence-corrected chi connectivity index (χ0v) is 25.4. The van der Waals surface area contributed by atoms with Gasteiger partial charge in [-0.25, -0.2) is 0 Å². The maximum absolute atomic E-state index is 11.0. The van der Waals surface area contributed by atoms with E-state index in [1.54, 1.807) is 19.3 Å². The molecule has 7 heteroatoms. The van der Waals surface area contributed by atoms with Crippen molar-refractivity contribution in [2.75, 3.05) is 13.2 Å². The van der Waals surface area contributed by atoms with Crippen LogP contribution < -0.4 is 17.0 Å². The maximum atomic E-state index is 11.0. The van der Waals surface area contributed by atoms with Crippen molar-refractivity contribution >= 4 is 35.2 Å². The van der Waals surface area contributed by atoms with Gasteiger partial charge in [0.2, 0.25) is 0 Å². The number of halogens is 1. The van der Waals surface area contributed by atoms with Gasteiger partial charge in [0.05, 0.1) is 5.41 Å². The Labute approximate surface area is 247 Å². The molecular weight excluding hydrogens is 545 g/mol. The van der Waals surface area contributed by atoms with Crippen LogP contribution in [0, 0.1) is 36.2 Å². The van der Waals surface area contributed by atoms with Crippen LogP contribution in [0.4, 0.5) is 0 Å². The molecule has 8 rings (SSSR count).